The first kappa shape index (κ1) is 13.4. The Bertz CT molecular complexity index is 575. The third kappa shape index (κ3) is 2.70. The monoisotopic (exact) mass is 262 g/mol. The summed E-state index contributed by atoms with van der Waals surface area (Å²) in [5.41, 5.74) is 2.50. The second kappa shape index (κ2) is 5.30. The molecule has 2 rings (SSSR count). The van der Waals surface area contributed by atoms with Crippen molar-refractivity contribution < 1.29 is 4.39 Å². The number of nitrogens with one attached hydrogen (secondary N) is 1. The van der Waals surface area contributed by atoms with Gasteiger partial charge in [-0.2, -0.15) is 0 Å². The first-order valence-electron chi connectivity index (χ1n) is 6.17. The molecular weight excluding hydrogens is 243 g/mol. The molecule has 0 aliphatic carbocycles. The molecule has 0 fully saturated rings. The topological polar surface area (TPSA) is 33.1 Å². The molecule has 5 heteroatoms. The molecule has 2 aromatic rings. The molecule has 0 spiro atoms. The van der Waals surface area contributed by atoms with Crippen LogP contribution in [0, 0.1) is 12.7 Å². The molecule has 1 heterocycles. The lowest BCUT2D eigenvalue weighted by Crippen LogP contribution is -2.15. The normalized spacial score (nSPS) is 10.6. The van der Waals surface area contributed by atoms with Crippen molar-refractivity contribution in [1.29, 1.82) is 0 Å². The largest absolute Gasteiger partial charge is 0.379 e. The number of aromatic nitrogens is 2. The summed E-state index contributed by atoms with van der Waals surface area (Å²) in [6, 6.07) is 5.05. The molecule has 0 saturated carbocycles. The van der Waals surface area contributed by atoms with Crippen molar-refractivity contribution >= 4 is 11.6 Å². The van der Waals surface area contributed by atoms with Gasteiger partial charge in [-0.05, 0) is 19.1 Å². The molecule has 19 heavy (non-hydrogen) atoms. The molecular formula is C14H19FN4. The maximum absolute atomic E-state index is 13.4. The fourth-order valence-electron chi connectivity index (χ4n) is 2.00. The molecule has 0 bridgehead atoms. The molecule has 1 aromatic heterocycles. The van der Waals surface area contributed by atoms with Gasteiger partial charge in [0.25, 0.3) is 0 Å². The van der Waals surface area contributed by atoms with Crippen LogP contribution in [0.1, 0.15) is 11.3 Å². The van der Waals surface area contributed by atoms with Crippen molar-refractivity contribution in [2.75, 3.05) is 24.3 Å². The number of rotatable bonds is 4. The Morgan fingerprint density at radius 2 is 2.11 bits per heavy atom. The van der Waals surface area contributed by atoms with Crippen LogP contribution in [0.4, 0.5) is 16.0 Å². The quantitative estimate of drug-likeness (QED) is 0.919. The third-order valence-electron chi connectivity index (χ3n) is 3.19. The highest BCUT2D eigenvalue weighted by molar-refractivity contribution is 5.51. The smallest absolute Gasteiger partial charge is 0.204 e. The van der Waals surface area contributed by atoms with E-state index in [1.54, 1.807) is 13.0 Å². The van der Waals surface area contributed by atoms with E-state index in [-0.39, 0.29) is 5.82 Å². The summed E-state index contributed by atoms with van der Waals surface area (Å²) in [4.78, 5) is 6.30. The minimum absolute atomic E-state index is 0.191. The fourth-order valence-corrected chi connectivity index (χ4v) is 2.00. The Morgan fingerprint density at radius 1 is 1.37 bits per heavy atom. The van der Waals surface area contributed by atoms with Gasteiger partial charge in [0.1, 0.15) is 5.82 Å². The van der Waals surface area contributed by atoms with Crippen LogP contribution in [-0.2, 0) is 13.6 Å². The number of halogens is 1. The first-order chi connectivity index (χ1) is 9.00. The van der Waals surface area contributed by atoms with Crippen LogP contribution in [0.5, 0.6) is 0 Å². The van der Waals surface area contributed by atoms with E-state index in [2.05, 4.69) is 10.3 Å². The van der Waals surface area contributed by atoms with E-state index in [1.165, 1.54) is 6.07 Å². The lowest BCUT2D eigenvalue weighted by atomic mass is 10.2. The second-order valence-electron chi connectivity index (χ2n) is 4.77. The number of benzene rings is 1. The molecule has 0 aliphatic rings. The van der Waals surface area contributed by atoms with Crippen molar-refractivity contribution in [3.05, 3.63) is 41.5 Å². The molecule has 0 unspecified atom stereocenters. The van der Waals surface area contributed by atoms with Gasteiger partial charge in [0, 0.05) is 32.4 Å². The maximum Gasteiger partial charge on any atom is 0.204 e. The van der Waals surface area contributed by atoms with Crippen molar-refractivity contribution in [3.8, 4) is 0 Å². The molecule has 1 N–H and O–H groups in total. The summed E-state index contributed by atoms with van der Waals surface area (Å²) in [5.74, 6) is 0.705. The van der Waals surface area contributed by atoms with Gasteiger partial charge in [0.05, 0.1) is 18.4 Å². The number of nitrogens with zero attached hydrogens (tertiary/aromatic N) is 3. The summed E-state index contributed by atoms with van der Waals surface area (Å²) < 4.78 is 15.4. The number of anilines is 2. The summed E-state index contributed by atoms with van der Waals surface area (Å²) in [7, 11) is 5.88. The molecule has 0 aliphatic heterocycles. The molecule has 0 amide bonds. The Hall–Kier alpha value is -2.04. The standard InChI is InChI=1S/C14H19FN4/c1-10-12(15)6-5-7-13(10)16-8-11-9-17-14(18(2)3)19(11)4/h5-7,9,16H,8H2,1-4H3. The maximum atomic E-state index is 13.4. The highest BCUT2D eigenvalue weighted by Gasteiger charge is 2.08. The first-order valence-corrected chi connectivity index (χ1v) is 6.17. The fraction of sp³-hybridized carbons (Fsp3) is 0.357. The number of hydrogen-bond donors (Lipinski definition) is 1. The van der Waals surface area contributed by atoms with Gasteiger partial charge in [-0.15, -0.1) is 0 Å². The van der Waals surface area contributed by atoms with E-state index in [1.807, 2.05) is 42.9 Å². The third-order valence-corrected chi connectivity index (χ3v) is 3.19. The zero-order chi connectivity index (χ0) is 14.0. The Morgan fingerprint density at radius 3 is 2.74 bits per heavy atom. The lowest BCUT2D eigenvalue weighted by Gasteiger charge is -2.14. The molecule has 1 aromatic carbocycles. The van der Waals surface area contributed by atoms with Gasteiger partial charge in [0.15, 0.2) is 0 Å². The van der Waals surface area contributed by atoms with Gasteiger partial charge >= 0.3 is 0 Å². The van der Waals surface area contributed by atoms with E-state index in [0.717, 1.165) is 17.3 Å². The van der Waals surface area contributed by atoms with Gasteiger partial charge in [-0.1, -0.05) is 6.07 Å². The summed E-state index contributed by atoms with van der Waals surface area (Å²) in [6.45, 7) is 2.38. The minimum Gasteiger partial charge on any atom is -0.379 e. The van der Waals surface area contributed by atoms with E-state index >= 15 is 0 Å². The summed E-state index contributed by atoms with van der Waals surface area (Å²) >= 11 is 0. The van der Waals surface area contributed by atoms with E-state index in [4.69, 9.17) is 0 Å². The van der Waals surface area contributed by atoms with Gasteiger partial charge < -0.3 is 14.8 Å². The molecule has 4 nitrogen and oxygen atoms in total. The average Bonchev–Trinajstić information content (AvgIpc) is 2.73. The highest BCUT2D eigenvalue weighted by Crippen LogP contribution is 2.19. The lowest BCUT2D eigenvalue weighted by molar-refractivity contribution is 0.619. The number of imidazole rings is 1. The van der Waals surface area contributed by atoms with Gasteiger partial charge in [-0.25, -0.2) is 9.37 Å². The van der Waals surface area contributed by atoms with E-state index in [9.17, 15) is 4.39 Å². The Balaban J connectivity index is 2.13. The summed E-state index contributed by atoms with van der Waals surface area (Å²) in [6.07, 6.45) is 1.83. The predicted octanol–water partition coefficient (Wildman–Crippen LogP) is 2.55. The molecule has 102 valence electrons. The zero-order valence-corrected chi connectivity index (χ0v) is 11.7. The Kier molecular flexibility index (Phi) is 3.74. The molecule has 0 radical (unpaired) electrons. The van der Waals surface area contributed by atoms with Crippen LogP contribution in [-0.4, -0.2) is 23.6 Å². The van der Waals surface area contributed by atoms with Crippen LogP contribution in [0.3, 0.4) is 0 Å². The minimum atomic E-state index is -0.191. The highest BCUT2D eigenvalue weighted by atomic mass is 19.1. The van der Waals surface area contributed by atoms with Crippen LogP contribution < -0.4 is 10.2 Å². The second-order valence-corrected chi connectivity index (χ2v) is 4.77. The van der Waals surface area contributed by atoms with Crippen molar-refractivity contribution in [2.45, 2.75) is 13.5 Å². The SMILES string of the molecule is Cc1c(F)cccc1NCc1cnc(N(C)C)n1C. The van der Waals surface area contributed by atoms with Crippen LogP contribution >= 0.6 is 0 Å². The van der Waals surface area contributed by atoms with Gasteiger partial charge in [0.2, 0.25) is 5.95 Å². The van der Waals surface area contributed by atoms with Gasteiger partial charge in [-0.3, -0.25) is 0 Å². The van der Waals surface area contributed by atoms with Crippen molar-refractivity contribution in [2.24, 2.45) is 7.05 Å². The zero-order valence-electron chi connectivity index (χ0n) is 11.7. The Labute approximate surface area is 112 Å². The molecule has 0 saturated heterocycles. The number of hydrogen-bond acceptors (Lipinski definition) is 3. The van der Waals surface area contributed by atoms with Crippen LogP contribution in [0.25, 0.3) is 0 Å². The van der Waals surface area contributed by atoms with Crippen molar-refractivity contribution in [1.82, 2.24) is 9.55 Å². The van der Waals surface area contributed by atoms with Crippen molar-refractivity contribution in [3.63, 3.8) is 0 Å². The van der Waals surface area contributed by atoms with E-state index in [0.29, 0.717) is 12.1 Å². The predicted molar refractivity (Wildman–Crippen MR) is 76.0 cm³/mol. The molecule has 0 atom stereocenters. The summed E-state index contributed by atoms with van der Waals surface area (Å²) in [5, 5.41) is 3.24. The van der Waals surface area contributed by atoms with E-state index < -0.39 is 0 Å². The van der Waals surface area contributed by atoms with Crippen LogP contribution in [0.15, 0.2) is 24.4 Å². The average molecular weight is 262 g/mol. The van der Waals surface area contributed by atoms with Crippen LogP contribution in [0.2, 0.25) is 0 Å².